The lowest BCUT2D eigenvalue weighted by Gasteiger charge is -2.36. The number of amides is 1. The minimum absolute atomic E-state index is 0.00163. The van der Waals surface area contributed by atoms with Crippen LogP contribution >= 0.6 is 11.3 Å². The van der Waals surface area contributed by atoms with E-state index in [-0.39, 0.29) is 12.0 Å². The van der Waals surface area contributed by atoms with E-state index in [1.165, 1.54) is 11.3 Å². The van der Waals surface area contributed by atoms with Gasteiger partial charge in [-0.2, -0.15) is 0 Å². The molecule has 3 rings (SSSR count). The number of hydrogen-bond donors (Lipinski definition) is 2. The maximum atomic E-state index is 11.9. The van der Waals surface area contributed by atoms with Gasteiger partial charge in [-0.05, 0) is 25.7 Å². The Bertz CT molecular complexity index is 409. The number of fused-ring (bicyclic) bond motifs is 2. The van der Waals surface area contributed by atoms with Gasteiger partial charge in [-0.1, -0.05) is 0 Å². The molecule has 2 unspecified atom stereocenters. The van der Waals surface area contributed by atoms with Crippen molar-refractivity contribution in [2.24, 2.45) is 0 Å². The van der Waals surface area contributed by atoms with E-state index in [2.05, 4.69) is 15.2 Å². The molecule has 0 saturated carbocycles. The fourth-order valence-corrected chi connectivity index (χ4v) is 3.66. The SMILES string of the molecule is O=C(CN1C2CCC1CC(O)C2)Nc1nccs1. The molecule has 0 aromatic carbocycles. The first-order chi connectivity index (χ1) is 8.72. The zero-order valence-electron chi connectivity index (χ0n) is 10.1. The fourth-order valence-electron chi connectivity index (χ4n) is 3.11. The lowest BCUT2D eigenvalue weighted by Crippen LogP contribution is -2.47. The van der Waals surface area contributed by atoms with Crippen molar-refractivity contribution in [2.45, 2.75) is 43.9 Å². The number of nitrogens with zero attached hydrogens (tertiary/aromatic N) is 2. The number of carbonyl (C=O) groups is 1. The molecule has 6 heteroatoms. The molecule has 2 bridgehead atoms. The summed E-state index contributed by atoms with van der Waals surface area (Å²) in [6.45, 7) is 0.418. The van der Waals surface area contributed by atoms with E-state index in [4.69, 9.17) is 0 Å². The van der Waals surface area contributed by atoms with Crippen LogP contribution in [-0.2, 0) is 4.79 Å². The predicted molar refractivity (Wildman–Crippen MR) is 69.5 cm³/mol. The number of anilines is 1. The highest BCUT2D eigenvalue weighted by molar-refractivity contribution is 7.13. The third-order valence-corrected chi connectivity index (χ3v) is 4.55. The minimum Gasteiger partial charge on any atom is -0.393 e. The maximum Gasteiger partial charge on any atom is 0.240 e. The lowest BCUT2D eigenvalue weighted by atomic mass is 10.00. The molecule has 0 aliphatic carbocycles. The summed E-state index contributed by atoms with van der Waals surface area (Å²) in [5.74, 6) is -0.00163. The summed E-state index contributed by atoms with van der Waals surface area (Å²) in [4.78, 5) is 18.2. The molecule has 1 amide bonds. The van der Waals surface area contributed by atoms with Crippen molar-refractivity contribution in [3.8, 4) is 0 Å². The Labute approximate surface area is 110 Å². The van der Waals surface area contributed by atoms with Gasteiger partial charge in [0.2, 0.25) is 5.91 Å². The summed E-state index contributed by atoms with van der Waals surface area (Å²) in [6, 6.07) is 0.751. The summed E-state index contributed by atoms with van der Waals surface area (Å²) in [6.07, 6.45) is 5.32. The van der Waals surface area contributed by atoms with Crippen molar-refractivity contribution >= 4 is 22.4 Å². The van der Waals surface area contributed by atoms with E-state index >= 15 is 0 Å². The Morgan fingerprint density at radius 3 is 2.83 bits per heavy atom. The Morgan fingerprint density at radius 1 is 1.50 bits per heavy atom. The van der Waals surface area contributed by atoms with Crippen molar-refractivity contribution in [3.63, 3.8) is 0 Å². The molecule has 0 spiro atoms. The van der Waals surface area contributed by atoms with Gasteiger partial charge >= 0.3 is 0 Å². The molecule has 2 fully saturated rings. The summed E-state index contributed by atoms with van der Waals surface area (Å²) >= 11 is 1.43. The normalized spacial score (nSPS) is 31.5. The van der Waals surface area contributed by atoms with E-state index in [1.807, 2.05) is 5.38 Å². The lowest BCUT2D eigenvalue weighted by molar-refractivity contribution is -0.119. The summed E-state index contributed by atoms with van der Waals surface area (Å²) in [5.41, 5.74) is 0. The molecule has 0 radical (unpaired) electrons. The summed E-state index contributed by atoms with van der Waals surface area (Å²) in [5, 5.41) is 15.0. The van der Waals surface area contributed by atoms with Crippen molar-refractivity contribution in [2.75, 3.05) is 11.9 Å². The number of carbonyl (C=O) groups excluding carboxylic acids is 1. The number of piperidine rings is 1. The predicted octanol–water partition coefficient (Wildman–Crippen LogP) is 1.07. The van der Waals surface area contributed by atoms with Crippen LogP contribution in [0.2, 0.25) is 0 Å². The van der Waals surface area contributed by atoms with Crippen LogP contribution in [-0.4, -0.2) is 45.6 Å². The van der Waals surface area contributed by atoms with Gasteiger partial charge in [-0.15, -0.1) is 11.3 Å². The average molecular weight is 267 g/mol. The van der Waals surface area contributed by atoms with E-state index in [1.54, 1.807) is 6.20 Å². The zero-order chi connectivity index (χ0) is 12.5. The molecular weight excluding hydrogens is 250 g/mol. The number of thiazole rings is 1. The Kier molecular flexibility index (Phi) is 3.32. The molecule has 18 heavy (non-hydrogen) atoms. The Hall–Kier alpha value is -0.980. The second-order valence-electron chi connectivity index (χ2n) is 5.07. The number of aromatic nitrogens is 1. The standard InChI is InChI=1S/C12H17N3O2S/c16-10-5-8-1-2-9(6-10)15(8)7-11(17)14-12-13-3-4-18-12/h3-4,8-10,16H,1-2,5-7H2,(H,13,14,17). The minimum atomic E-state index is -0.180. The first kappa shape index (κ1) is 12.1. The molecule has 5 nitrogen and oxygen atoms in total. The monoisotopic (exact) mass is 267 g/mol. The van der Waals surface area contributed by atoms with Crippen LogP contribution in [0.25, 0.3) is 0 Å². The molecule has 2 atom stereocenters. The van der Waals surface area contributed by atoms with E-state index in [0.29, 0.717) is 23.8 Å². The van der Waals surface area contributed by atoms with Crippen molar-refractivity contribution in [1.82, 2.24) is 9.88 Å². The third kappa shape index (κ3) is 2.41. The summed E-state index contributed by atoms with van der Waals surface area (Å²) < 4.78 is 0. The third-order valence-electron chi connectivity index (χ3n) is 3.86. The van der Waals surface area contributed by atoms with Crippen LogP contribution in [0, 0.1) is 0 Å². The number of aliphatic hydroxyl groups excluding tert-OH is 1. The molecule has 98 valence electrons. The first-order valence-electron chi connectivity index (χ1n) is 6.35. The van der Waals surface area contributed by atoms with Crippen LogP contribution < -0.4 is 5.32 Å². The molecule has 2 aliphatic heterocycles. The Morgan fingerprint density at radius 2 is 2.22 bits per heavy atom. The number of rotatable bonds is 3. The zero-order valence-corrected chi connectivity index (χ0v) is 10.9. The van der Waals surface area contributed by atoms with Crippen molar-refractivity contribution in [3.05, 3.63) is 11.6 Å². The molecule has 1 aromatic rings. The second-order valence-corrected chi connectivity index (χ2v) is 5.96. The number of hydrogen-bond acceptors (Lipinski definition) is 5. The molecule has 2 N–H and O–H groups in total. The maximum absolute atomic E-state index is 11.9. The van der Waals surface area contributed by atoms with Gasteiger partial charge in [0.05, 0.1) is 12.6 Å². The van der Waals surface area contributed by atoms with Crippen LogP contribution in [0.3, 0.4) is 0 Å². The van der Waals surface area contributed by atoms with Gasteiger partial charge in [0.1, 0.15) is 0 Å². The fraction of sp³-hybridized carbons (Fsp3) is 0.667. The van der Waals surface area contributed by atoms with E-state index in [0.717, 1.165) is 25.7 Å². The highest BCUT2D eigenvalue weighted by atomic mass is 32.1. The van der Waals surface area contributed by atoms with Crippen molar-refractivity contribution in [1.29, 1.82) is 0 Å². The van der Waals surface area contributed by atoms with Crippen LogP contribution in [0.15, 0.2) is 11.6 Å². The first-order valence-corrected chi connectivity index (χ1v) is 7.23. The highest BCUT2D eigenvalue weighted by Gasteiger charge is 2.40. The Balaban J connectivity index is 1.58. The van der Waals surface area contributed by atoms with Gasteiger partial charge in [0.25, 0.3) is 0 Å². The average Bonchev–Trinajstić information content (AvgIpc) is 2.88. The van der Waals surface area contributed by atoms with Crippen LogP contribution in [0.4, 0.5) is 5.13 Å². The molecular formula is C12H17N3O2S. The quantitative estimate of drug-likeness (QED) is 0.860. The van der Waals surface area contributed by atoms with Gasteiger partial charge < -0.3 is 10.4 Å². The molecule has 2 saturated heterocycles. The van der Waals surface area contributed by atoms with Gasteiger partial charge in [0.15, 0.2) is 5.13 Å². The summed E-state index contributed by atoms with van der Waals surface area (Å²) in [7, 11) is 0. The van der Waals surface area contributed by atoms with E-state index in [9.17, 15) is 9.90 Å². The molecule has 2 aliphatic rings. The molecule has 1 aromatic heterocycles. The van der Waals surface area contributed by atoms with Crippen LogP contribution in [0.1, 0.15) is 25.7 Å². The number of aliphatic hydroxyl groups is 1. The van der Waals surface area contributed by atoms with Gasteiger partial charge in [0, 0.05) is 23.7 Å². The van der Waals surface area contributed by atoms with E-state index < -0.39 is 0 Å². The van der Waals surface area contributed by atoms with Crippen LogP contribution in [0.5, 0.6) is 0 Å². The van der Waals surface area contributed by atoms with Gasteiger partial charge in [-0.3, -0.25) is 9.69 Å². The molecule has 3 heterocycles. The smallest absolute Gasteiger partial charge is 0.240 e. The highest BCUT2D eigenvalue weighted by Crippen LogP contribution is 2.35. The van der Waals surface area contributed by atoms with Gasteiger partial charge in [-0.25, -0.2) is 4.98 Å². The topological polar surface area (TPSA) is 65.5 Å². The van der Waals surface area contributed by atoms with Crippen molar-refractivity contribution < 1.29 is 9.90 Å². The largest absolute Gasteiger partial charge is 0.393 e. The second kappa shape index (κ2) is 4.95. The number of nitrogens with one attached hydrogen (secondary N) is 1.